The molecular weight excluding hydrogens is 502 g/mol. The van der Waals surface area contributed by atoms with E-state index in [2.05, 4.69) is 17.2 Å². The van der Waals surface area contributed by atoms with Gasteiger partial charge in [0.2, 0.25) is 0 Å². The van der Waals surface area contributed by atoms with Gasteiger partial charge in [0.25, 0.3) is 0 Å². The molecule has 6 heteroatoms. The summed E-state index contributed by atoms with van der Waals surface area (Å²) < 4.78 is 5.29. The number of Topliss-reactive ketones (excluding diaryl/α,β-unsaturated/α-hetero) is 2. The van der Waals surface area contributed by atoms with Crippen LogP contribution in [0.1, 0.15) is 94.6 Å². The molecule has 1 saturated heterocycles. The summed E-state index contributed by atoms with van der Waals surface area (Å²) in [7, 11) is 1.53. The van der Waals surface area contributed by atoms with Crippen molar-refractivity contribution in [2.24, 2.45) is 28.6 Å². The van der Waals surface area contributed by atoms with Gasteiger partial charge in [-0.05, 0) is 111 Å². The average Bonchev–Trinajstić information content (AvgIpc) is 3.44. The van der Waals surface area contributed by atoms with Gasteiger partial charge in [0.15, 0.2) is 17.3 Å². The van der Waals surface area contributed by atoms with Crippen molar-refractivity contribution in [1.82, 2.24) is 5.32 Å². The summed E-state index contributed by atoms with van der Waals surface area (Å²) in [5.74, 6) is 9.14. The van der Waals surface area contributed by atoms with Gasteiger partial charge in [0.1, 0.15) is 11.2 Å². The molecule has 1 aromatic carbocycles. The minimum absolute atomic E-state index is 0.0517. The predicted octanol–water partition coefficient (Wildman–Crippen LogP) is 4.91. The lowest BCUT2D eigenvalue weighted by molar-refractivity contribution is -0.135. The number of aliphatic hydroxyl groups excluding tert-OH is 1. The maximum atomic E-state index is 13.7. The standard InChI is InChI=1S/C34H45NO5/c1-40-30-18-24-7-9-31(38)34(13-4-5-23(24)17-29(30)37)14-10-22(15-32(34)39)20-33(11-2-3-12-33)26-16-25-6-8-27(36)19-28(25)35-21-26/h17-18,22,25-26,28,32,35,37,39H,2-3,5-12,14-16,19-21H2,1H3/t22-,25-,26+,28-,32-,34+/m1/s1. The Morgan fingerprint density at radius 1 is 1.05 bits per heavy atom. The largest absolute Gasteiger partial charge is 0.504 e. The van der Waals surface area contributed by atoms with E-state index < -0.39 is 11.5 Å². The lowest BCUT2D eigenvalue weighted by atomic mass is 9.58. The summed E-state index contributed by atoms with van der Waals surface area (Å²) >= 11 is 0. The summed E-state index contributed by atoms with van der Waals surface area (Å²) in [6.07, 6.45) is 12.7. The van der Waals surface area contributed by atoms with Crippen LogP contribution in [0.3, 0.4) is 0 Å². The number of phenolic OH excluding ortho intramolecular Hbond substituents is 1. The summed E-state index contributed by atoms with van der Waals surface area (Å²) in [4.78, 5) is 25.7. The third-order valence-electron chi connectivity index (χ3n) is 11.5. The fourth-order valence-corrected chi connectivity index (χ4v) is 9.17. The third-order valence-corrected chi connectivity index (χ3v) is 11.5. The van der Waals surface area contributed by atoms with Crippen molar-refractivity contribution in [1.29, 1.82) is 0 Å². The van der Waals surface area contributed by atoms with Crippen molar-refractivity contribution in [2.45, 2.75) is 108 Å². The molecule has 1 aliphatic heterocycles. The number of methoxy groups -OCH3 is 1. The van der Waals surface area contributed by atoms with E-state index in [0.717, 1.165) is 43.4 Å². The van der Waals surface area contributed by atoms with Crippen LogP contribution in [0.15, 0.2) is 12.1 Å². The Kier molecular flexibility index (Phi) is 7.74. The Balaban J connectivity index is 1.15. The topological polar surface area (TPSA) is 95.9 Å². The quantitative estimate of drug-likeness (QED) is 0.464. The number of aliphatic hydroxyl groups is 1. The van der Waals surface area contributed by atoms with E-state index in [0.29, 0.717) is 79.3 Å². The van der Waals surface area contributed by atoms with Crippen LogP contribution >= 0.6 is 0 Å². The van der Waals surface area contributed by atoms with E-state index in [4.69, 9.17) is 4.74 Å². The van der Waals surface area contributed by atoms with E-state index in [9.17, 15) is 19.8 Å². The van der Waals surface area contributed by atoms with Crippen LogP contribution in [0, 0.1) is 40.4 Å². The van der Waals surface area contributed by atoms with Crippen LogP contribution in [-0.4, -0.2) is 47.6 Å². The number of ketones is 2. The zero-order valence-electron chi connectivity index (χ0n) is 24.0. The highest BCUT2D eigenvalue weighted by atomic mass is 16.5. The summed E-state index contributed by atoms with van der Waals surface area (Å²) in [5.41, 5.74) is 1.23. The molecule has 40 heavy (non-hydrogen) atoms. The number of hydrogen-bond acceptors (Lipinski definition) is 6. The molecule has 6 rings (SSSR count). The fourth-order valence-electron chi connectivity index (χ4n) is 9.17. The molecule has 6 atom stereocenters. The molecule has 6 nitrogen and oxygen atoms in total. The van der Waals surface area contributed by atoms with Gasteiger partial charge in [0.05, 0.1) is 13.2 Å². The normalized spacial score (nSPS) is 35.5. The van der Waals surface area contributed by atoms with Crippen LogP contribution in [0.25, 0.3) is 0 Å². The first-order valence-corrected chi connectivity index (χ1v) is 15.7. The number of aryl methyl sites for hydroxylation is 1. The molecule has 4 aliphatic carbocycles. The number of rotatable bonds is 4. The SMILES string of the molecule is COc1cc2c(cc1O)CC#C[C@]1(CC[C@@H](CC3([C@@H]4CN[C@@H]5CC(=O)CC[C@@H]5C4)CCCC3)C[C@H]1O)C(=O)CC2. The van der Waals surface area contributed by atoms with Crippen molar-refractivity contribution >= 4 is 11.6 Å². The number of piperidine rings is 1. The molecule has 3 N–H and O–H groups in total. The van der Waals surface area contributed by atoms with E-state index in [1.54, 1.807) is 6.07 Å². The van der Waals surface area contributed by atoms with Crippen molar-refractivity contribution in [2.75, 3.05) is 13.7 Å². The molecule has 0 radical (unpaired) electrons. The summed E-state index contributed by atoms with van der Waals surface area (Å²) in [6, 6.07) is 3.89. The number of carbonyl (C=O) groups is 2. The maximum absolute atomic E-state index is 13.7. The van der Waals surface area contributed by atoms with Gasteiger partial charge in [0, 0.05) is 31.7 Å². The fraction of sp³-hybridized carbons (Fsp3) is 0.706. The van der Waals surface area contributed by atoms with Gasteiger partial charge >= 0.3 is 0 Å². The monoisotopic (exact) mass is 547 g/mol. The second kappa shape index (κ2) is 11.1. The summed E-state index contributed by atoms with van der Waals surface area (Å²) in [6.45, 7) is 1.01. The number of benzene rings is 1. The number of carbonyl (C=O) groups excluding carboxylic acids is 2. The molecule has 0 bridgehead atoms. The summed E-state index contributed by atoms with van der Waals surface area (Å²) in [5, 5.41) is 25.6. The highest BCUT2D eigenvalue weighted by Crippen LogP contribution is 2.55. The zero-order valence-corrected chi connectivity index (χ0v) is 24.0. The number of phenols is 1. The minimum Gasteiger partial charge on any atom is -0.504 e. The van der Waals surface area contributed by atoms with Gasteiger partial charge in [-0.15, -0.1) is 0 Å². The first-order chi connectivity index (χ1) is 19.3. The van der Waals surface area contributed by atoms with Crippen LogP contribution in [0.2, 0.25) is 0 Å². The van der Waals surface area contributed by atoms with Gasteiger partial charge in [-0.1, -0.05) is 24.7 Å². The van der Waals surface area contributed by atoms with Crippen molar-refractivity contribution in [3.63, 3.8) is 0 Å². The van der Waals surface area contributed by atoms with Crippen molar-refractivity contribution < 1.29 is 24.5 Å². The molecular formula is C34H45NO5. The number of ether oxygens (including phenoxy) is 1. The predicted molar refractivity (Wildman–Crippen MR) is 153 cm³/mol. The van der Waals surface area contributed by atoms with Crippen LogP contribution in [0.4, 0.5) is 0 Å². The minimum atomic E-state index is -0.984. The highest BCUT2D eigenvalue weighted by Gasteiger charge is 2.51. The molecule has 1 heterocycles. The molecule has 0 aromatic heterocycles. The zero-order chi connectivity index (χ0) is 27.9. The van der Waals surface area contributed by atoms with Gasteiger partial charge in [-0.25, -0.2) is 0 Å². The van der Waals surface area contributed by atoms with E-state index in [-0.39, 0.29) is 11.5 Å². The maximum Gasteiger partial charge on any atom is 0.160 e. The Hall–Kier alpha value is -2.36. The van der Waals surface area contributed by atoms with Crippen LogP contribution in [-0.2, 0) is 22.4 Å². The average molecular weight is 548 g/mol. The number of aromatic hydroxyl groups is 1. The third kappa shape index (κ3) is 5.09. The molecule has 3 saturated carbocycles. The second-order valence-corrected chi connectivity index (χ2v) is 13.6. The smallest absolute Gasteiger partial charge is 0.160 e. The van der Waals surface area contributed by atoms with E-state index in [1.165, 1.54) is 39.2 Å². The number of nitrogens with one attached hydrogen (secondary N) is 1. The van der Waals surface area contributed by atoms with Crippen molar-refractivity contribution in [3.05, 3.63) is 23.3 Å². The van der Waals surface area contributed by atoms with Gasteiger partial charge in [-0.2, -0.15) is 0 Å². The van der Waals surface area contributed by atoms with Crippen LogP contribution < -0.4 is 10.1 Å². The lowest BCUT2D eigenvalue weighted by Gasteiger charge is -2.49. The molecule has 1 spiro atoms. The Morgan fingerprint density at radius 2 is 1.88 bits per heavy atom. The molecule has 5 aliphatic rings. The number of hydrogen-bond donors (Lipinski definition) is 3. The Bertz CT molecular complexity index is 1210. The first-order valence-electron chi connectivity index (χ1n) is 15.7. The van der Waals surface area contributed by atoms with Crippen LogP contribution in [0.5, 0.6) is 11.5 Å². The Labute approximate surface area is 238 Å². The van der Waals surface area contributed by atoms with Crippen molar-refractivity contribution in [3.8, 4) is 23.3 Å². The Morgan fingerprint density at radius 3 is 2.65 bits per heavy atom. The van der Waals surface area contributed by atoms with Gasteiger partial charge < -0.3 is 20.3 Å². The number of fused-ring (bicyclic) bond motifs is 2. The highest BCUT2D eigenvalue weighted by molar-refractivity contribution is 5.89. The second-order valence-electron chi connectivity index (χ2n) is 13.6. The molecule has 1 aromatic rings. The van der Waals surface area contributed by atoms with E-state index in [1.807, 2.05) is 6.07 Å². The molecule has 4 fully saturated rings. The molecule has 216 valence electrons. The van der Waals surface area contributed by atoms with Gasteiger partial charge in [-0.3, -0.25) is 9.59 Å². The molecule has 0 amide bonds. The molecule has 0 unspecified atom stereocenters. The van der Waals surface area contributed by atoms with E-state index >= 15 is 0 Å². The lowest BCUT2D eigenvalue weighted by Crippen LogP contribution is -2.53. The first kappa shape index (κ1) is 27.8.